The van der Waals surface area contributed by atoms with Gasteiger partial charge in [0.1, 0.15) is 5.65 Å². The van der Waals surface area contributed by atoms with Crippen molar-refractivity contribution in [2.24, 2.45) is 0 Å². The van der Waals surface area contributed by atoms with Gasteiger partial charge in [-0.05, 0) is 44.2 Å². The van der Waals surface area contributed by atoms with E-state index in [-0.39, 0.29) is 5.78 Å². The smallest absolute Gasteiger partial charge is 0.175 e. The van der Waals surface area contributed by atoms with E-state index in [9.17, 15) is 4.79 Å². The second-order valence-electron chi connectivity index (χ2n) is 7.81. The number of methoxy groups -OCH3 is 1. The minimum Gasteiger partial charge on any atom is -0.383 e. The topological polar surface area (TPSA) is 61.4 Å². The van der Waals surface area contributed by atoms with Gasteiger partial charge in [-0.3, -0.25) is 9.20 Å². The largest absolute Gasteiger partial charge is 0.383 e. The number of ether oxygens (including phenoxy) is 1. The van der Waals surface area contributed by atoms with Crippen molar-refractivity contribution < 1.29 is 9.53 Å². The van der Waals surface area contributed by atoms with Crippen molar-refractivity contribution in [1.82, 2.24) is 18.9 Å². The third-order valence-electron chi connectivity index (χ3n) is 5.84. The van der Waals surface area contributed by atoms with Crippen LogP contribution >= 0.6 is 11.8 Å². The fourth-order valence-electron chi connectivity index (χ4n) is 4.23. The van der Waals surface area contributed by atoms with Gasteiger partial charge in [-0.1, -0.05) is 36.0 Å². The molecule has 0 radical (unpaired) electrons. The average Bonchev–Trinajstić information content (AvgIpc) is 3.33. The molecule has 0 atom stereocenters. The van der Waals surface area contributed by atoms with Gasteiger partial charge in [0.25, 0.3) is 0 Å². The number of imidazole rings is 1. The van der Waals surface area contributed by atoms with Crippen LogP contribution < -0.4 is 0 Å². The molecule has 32 heavy (non-hydrogen) atoms. The Kier molecular flexibility index (Phi) is 5.45. The molecule has 0 aliphatic heterocycles. The van der Waals surface area contributed by atoms with Crippen LogP contribution in [0.4, 0.5) is 0 Å². The Morgan fingerprint density at radius 3 is 2.59 bits per heavy atom. The molecule has 0 bridgehead atoms. The Labute approximate surface area is 190 Å². The number of ketones is 1. The molecule has 5 rings (SSSR count). The van der Waals surface area contributed by atoms with Crippen LogP contribution in [0.5, 0.6) is 0 Å². The van der Waals surface area contributed by atoms with E-state index >= 15 is 0 Å². The zero-order valence-electron chi connectivity index (χ0n) is 18.3. The first-order valence-corrected chi connectivity index (χ1v) is 11.5. The summed E-state index contributed by atoms with van der Waals surface area (Å²) in [4.78, 5) is 22.9. The van der Waals surface area contributed by atoms with Gasteiger partial charge in [0.2, 0.25) is 0 Å². The molecular formula is C25H24N4O2S. The van der Waals surface area contributed by atoms with E-state index in [1.54, 1.807) is 7.11 Å². The molecule has 6 nitrogen and oxygen atoms in total. The summed E-state index contributed by atoms with van der Waals surface area (Å²) in [6.07, 6.45) is 0. The number of rotatable bonds is 7. The number of hydrogen-bond acceptors (Lipinski definition) is 5. The van der Waals surface area contributed by atoms with Crippen LogP contribution in [-0.4, -0.2) is 44.2 Å². The van der Waals surface area contributed by atoms with Crippen molar-refractivity contribution in [1.29, 1.82) is 0 Å². The molecule has 3 aromatic heterocycles. The highest BCUT2D eigenvalue weighted by atomic mass is 32.2. The number of aromatic nitrogens is 4. The summed E-state index contributed by atoms with van der Waals surface area (Å²) in [5.74, 6) is 0.404. The minimum absolute atomic E-state index is 0.0966. The predicted molar refractivity (Wildman–Crippen MR) is 129 cm³/mol. The maximum absolute atomic E-state index is 13.2. The van der Waals surface area contributed by atoms with Gasteiger partial charge in [0.15, 0.2) is 10.9 Å². The number of thioether (sulfide) groups is 1. The van der Waals surface area contributed by atoms with E-state index in [0.717, 1.165) is 56.2 Å². The Balaban J connectivity index is 1.52. The maximum atomic E-state index is 13.2. The molecule has 0 aliphatic carbocycles. The third-order valence-corrected chi connectivity index (χ3v) is 6.78. The Hall–Kier alpha value is -3.16. The summed E-state index contributed by atoms with van der Waals surface area (Å²) in [6, 6.07) is 18.0. The lowest BCUT2D eigenvalue weighted by Gasteiger charge is -2.09. The normalized spacial score (nSPS) is 11.7. The predicted octanol–water partition coefficient (Wildman–Crippen LogP) is 5.08. The lowest BCUT2D eigenvalue weighted by atomic mass is 10.2. The highest BCUT2D eigenvalue weighted by Gasteiger charge is 2.19. The molecule has 7 heteroatoms. The first-order chi connectivity index (χ1) is 15.6. The molecule has 0 spiro atoms. The van der Waals surface area contributed by atoms with Crippen molar-refractivity contribution in [3.05, 3.63) is 71.5 Å². The zero-order chi connectivity index (χ0) is 22.2. The van der Waals surface area contributed by atoms with Crippen molar-refractivity contribution in [2.45, 2.75) is 25.5 Å². The molecule has 0 N–H and O–H groups in total. The summed E-state index contributed by atoms with van der Waals surface area (Å²) >= 11 is 1.46. The Morgan fingerprint density at radius 2 is 1.78 bits per heavy atom. The fourth-order valence-corrected chi connectivity index (χ4v) is 5.12. The zero-order valence-corrected chi connectivity index (χ0v) is 19.1. The fraction of sp³-hybridized carbons (Fsp3) is 0.240. The van der Waals surface area contributed by atoms with Crippen LogP contribution in [0.15, 0.2) is 59.8 Å². The molecular weight excluding hydrogens is 420 g/mol. The average molecular weight is 445 g/mol. The molecule has 0 unspecified atom stereocenters. The van der Waals surface area contributed by atoms with Gasteiger partial charge in [-0.25, -0.2) is 9.97 Å². The standard InChI is InChI=1S/C25H24N4O2S/c1-16-14-19(17(2)28(16)12-13-31-3)23(30)15-32-25-27-20-9-5-4-8-18(20)24-26-21-10-6-7-11-22(21)29(24)25/h4-11,14H,12-13,15H2,1-3H3. The summed E-state index contributed by atoms with van der Waals surface area (Å²) in [6.45, 7) is 5.38. The van der Waals surface area contributed by atoms with Crippen LogP contribution in [0.2, 0.25) is 0 Å². The highest BCUT2D eigenvalue weighted by molar-refractivity contribution is 7.99. The van der Waals surface area contributed by atoms with Crippen molar-refractivity contribution >= 4 is 45.1 Å². The maximum Gasteiger partial charge on any atom is 0.175 e. The van der Waals surface area contributed by atoms with E-state index in [4.69, 9.17) is 14.7 Å². The van der Waals surface area contributed by atoms with Crippen molar-refractivity contribution in [3.8, 4) is 0 Å². The summed E-state index contributed by atoms with van der Waals surface area (Å²) in [5.41, 5.74) is 6.47. The van der Waals surface area contributed by atoms with Crippen molar-refractivity contribution in [2.75, 3.05) is 19.5 Å². The van der Waals surface area contributed by atoms with Crippen molar-refractivity contribution in [3.63, 3.8) is 0 Å². The number of hydrogen-bond donors (Lipinski definition) is 0. The molecule has 2 aromatic carbocycles. The molecule has 0 aliphatic rings. The molecule has 0 amide bonds. The number of nitrogens with zero attached hydrogens (tertiary/aromatic N) is 4. The Bertz CT molecular complexity index is 1470. The van der Waals surface area contributed by atoms with E-state index < -0.39 is 0 Å². The quantitative estimate of drug-likeness (QED) is 0.199. The molecule has 3 heterocycles. The van der Waals surface area contributed by atoms with E-state index in [2.05, 4.69) is 8.97 Å². The molecule has 162 valence electrons. The third kappa shape index (κ3) is 3.47. The SMILES string of the molecule is COCCn1c(C)cc(C(=O)CSc2nc3ccccc3c3nc4ccccc4n23)c1C. The second kappa shape index (κ2) is 8.41. The van der Waals surface area contributed by atoms with Gasteiger partial charge in [0.05, 0.1) is 28.9 Å². The lowest BCUT2D eigenvalue weighted by molar-refractivity contribution is 0.102. The summed E-state index contributed by atoms with van der Waals surface area (Å²) in [5, 5.41) is 1.77. The van der Waals surface area contributed by atoms with Gasteiger partial charge in [-0.2, -0.15) is 0 Å². The van der Waals surface area contributed by atoms with E-state index in [0.29, 0.717) is 12.4 Å². The van der Waals surface area contributed by atoms with Crippen LogP contribution in [0, 0.1) is 13.8 Å². The van der Waals surface area contributed by atoms with Gasteiger partial charge in [-0.15, -0.1) is 0 Å². The number of carbonyl (C=O) groups excluding carboxylic acids is 1. The molecule has 5 aromatic rings. The van der Waals surface area contributed by atoms with Crippen LogP contribution in [-0.2, 0) is 11.3 Å². The second-order valence-corrected chi connectivity index (χ2v) is 8.75. The van der Waals surface area contributed by atoms with Crippen LogP contribution in [0.3, 0.4) is 0 Å². The Morgan fingerprint density at radius 1 is 1.03 bits per heavy atom. The van der Waals surface area contributed by atoms with E-state index in [1.807, 2.05) is 68.4 Å². The summed E-state index contributed by atoms with van der Waals surface area (Å²) < 4.78 is 9.41. The monoisotopic (exact) mass is 444 g/mol. The summed E-state index contributed by atoms with van der Waals surface area (Å²) in [7, 11) is 1.69. The minimum atomic E-state index is 0.0966. The van der Waals surface area contributed by atoms with Gasteiger partial charge < -0.3 is 9.30 Å². The number of benzene rings is 2. The number of aryl methyl sites for hydroxylation is 1. The highest BCUT2D eigenvalue weighted by Crippen LogP contribution is 2.29. The van der Waals surface area contributed by atoms with E-state index in [1.165, 1.54) is 11.8 Å². The molecule has 0 saturated carbocycles. The van der Waals surface area contributed by atoms with Gasteiger partial charge in [0, 0.05) is 36.0 Å². The van der Waals surface area contributed by atoms with Crippen LogP contribution in [0.25, 0.3) is 27.6 Å². The lowest BCUT2D eigenvalue weighted by Crippen LogP contribution is -2.10. The number of carbonyl (C=O) groups is 1. The molecule has 0 saturated heterocycles. The van der Waals surface area contributed by atoms with Crippen LogP contribution in [0.1, 0.15) is 21.7 Å². The first-order valence-electron chi connectivity index (χ1n) is 10.6. The first kappa shape index (κ1) is 20.7. The molecule has 0 fully saturated rings. The number of fused-ring (bicyclic) bond motifs is 5. The number of para-hydroxylation sites is 3. The number of Topliss-reactive ketones (excluding diaryl/α,β-unsaturated/α-hetero) is 1. The van der Waals surface area contributed by atoms with Gasteiger partial charge >= 0.3 is 0 Å².